The second-order valence-corrected chi connectivity index (χ2v) is 11.5. The summed E-state index contributed by atoms with van der Waals surface area (Å²) in [4.78, 5) is 39.3. The van der Waals surface area contributed by atoms with E-state index < -0.39 is 5.97 Å². The van der Waals surface area contributed by atoms with Crippen LogP contribution in [0.4, 0.5) is 5.95 Å². The number of likely N-dealkylation sites (tertiary alicyclic amines) is 1. The topological polar surface area (TPSA) is 158 Å². The Bertz CT molecular complexity index is 1330. The normalized spacial score (nSPS) is 15.8. The largest absolute Gasteiger partial charge is 0.481 e. The van der Waals surface area contributed by atoms with Gasteiger partial charge in [-0.1, -0.05) is 23.2 Å². The van der Waals surface area contributed by atoms with Crippen LogP contribution in [0.25, 0.3) is 11.3 Å². The Morgan fingerprint density at radius 1 is 0.956 bits per heavy atom. The maximum absolute atomic E-state index is 10.8. The van der Waals surface area contributed by atoms with Gasteiger partial charge in [-0.2, -0.15) is 0 Å². The molecule has 244 valence electrons. The van der Waals surface area contributed by atoms with E-state index in [1.807, 2.05) is 25.0 Å². The van der Waals surface area contributed by atoms with Crippen molar-refractivity contribution in [2.75, 3.05) is 64.4 Å². The van der Waals surface area contributed by atoms with Gasteiger partial charge >= 0.3 is 5.97 Å². The number of benzene rings is 1. The molecule has 0 radical (unpaired) electrons. The van der Waals surface area contributed by atoms with Crippen LogP contribution in [0.2, 0.25) is 10.0 Å². The number of nitrogens with zero attached hydrogens (tertiary/aromatic N) is 6. The fourth-order valence-electron chi connectivity index (χ4n) is 5.26. The van der Waals surface area contributed by atoms with Crippen LogP contribution in [0.3, 0.4) is 0 Å². The zero-order chi connectivity index (χ0) is 32.8. The Balaban J connectivity index is 0.00000133. The van der Waals surface area contributed by atoms with Crippen LogP contribution in [-0.4, -0.2) is 107 Å². The third-order valence-electron chi connectivity index (χ3n) is 7.60. The molecule has 0 saturated carbocycles. The summed E-state index contributed by atoms with van der Waals surface area (Å²) in [7, 11) is 1.00. The van der Waals surface area contributed by atoms with Crippen molar-refractivity contribution in [2.45, 2.75) is 25.8 Å². The number of carboxylic acids is 1. The highest BCUT2D eigenvalue weighted by molar-refractivity contribution is 6.35. The van der Waals surface area contributed by atoms with Crippen LogP contribution in [0.1, 0.15) is 24.8 Å². The molecule has 0 atom stereocenters. The van der Waals surface area contributed by atoms with Gasteiger partial charge in [-0.05, 0) is 68.2 Å². The Kier molecular flexibility index (Phi) is 14.9. The van der Waals surface area contributed by atoms with Gasteiger partial charge in [-0.25, -0.2) is 15.0 Å². The van der Waals surface area contributed by atoms with E-state index in [1.165, 1.54) is 0 Å². The van der Waals surface area contributed by atoms with Crippen LogP contribution in [-0.2, 0) is 16.1 Å². The highest BCUT2D eigenvalue weighted by Gasteiger charge is 2.21. The molecule has 2 aliphatic rings. The van der Waals surface area contributed by atoms with Gasteiger partial charge in [-0.15, -0.1) is 0 Å². The minimum atomic E-state index is -0.776. The minimum Gasteiger partial charge on any atom is -0.481 e. The number of anilines is 1. The van der Waals surface area contributed by atoms with Crippen molar-refractivity contribution in [3.63, 3.8) is 0 Å². The molecule has 4 N–H and O–H groups in total. The van der Waals surface area contributed by atoms with E-state index in [4.69, 9.17) is 53.7 Å². The molecule has 0 amide bonds. The van der Waals surface area contributed by atoms with E-state index in [-0.39, 0.29) is 6.42 Å². The molecule has 0 unspecified atom stereocenters. The molecule has 2 aliphatic heterocycles. The number of aliphatic hydroxyl groups is 1. The molecule has 0 spiro atoms. The fourth-order valence-corrected chi connectivity index (χ4v) is 5.79. The maximum atomic E-state index is 10.8. The van der Waals surface area contributed by atoms with Crippen molar-refractivity contribution in [3.05, 3.63) is 58.3 Å². The number of aromatic nitrogens is 3. The van der Waals surface area contributed by atoms with Gasteiger partial charge in [0.1, 0.15) is 6.79 Å². The maximum Gasteiger partial charge on any atom is 0.304 e. The zero-order valence-corrected chi connectivity index (χ0v) is 27.0. The molecule has 12 nitrogen and oxygen atoms in total. The summed E-state index contributed by atoms with van der Waals surface area (Å²) >= 11 is 12.6. The van der Waals surface area contributed by atoms with Gasteiger partial charge in [0, 0.05) is 68.1 Å². The Labute approximate surface area is 273 Å². The van der Waals surface area contributed by atoms with Gasteiger partial charge < -0.3 is 30.4 Å². The number of hydrogen-bond donors (Lipinski definition) is 3. The number of ether oxygens (including phenoxy) is 1. The van der Waals surface area contributed by atoms with Gasteiger partial charge in [0.15, 0.2) is 5.75 Å². The number of piperidine rings is 1. The van der Waals surface area contributed by atoms with E-state index >= 15 is 0 Å². The Hall–Kier alpha value is -3.39. The lowest BCUT2D eigenvalue weighted by atomic mass is 9.97. The first-order valence-electron chi connectivity index (χ1n) is 14.7. The number of carbonyl (C=O) groups is 2. The van der Waals surface area contributed by atoms with E-state index in [2.05, 4.69) is 30.7 Å². The van der Waals surface area contributed by atoms with Gasteiger partial charge in [0.25, 0.3) is 0 Å². The molecule has 14 heteroatoms. The summed E-state index contributed by atoms with van der Waals surface area (Å²) in [5, 5.41) is 17.0. The molecule has 3 aromatic rings. The zero-order valence-electron chi connectivity index (χ0n) is 25.4. The van der Waals surface area contributed by atoms with Gasteiger partial charge in [0.2, 0.25) is 11.8 Å². The lowest BCUT2D eigenvalue weighted by Crippen LogP contribution is -2.47. The molecule has 2 aromatic heterocycles. The summed E-state index contributed by atoms with van der Waals surface area (Å²) in [6.45, 7) is 9.07. The SMILES string of the molecule is C=O.CO.NCC1CCN(Cc2cc(Oc3cnc(N4CCN(CCC(=O)O)CC4)nc3)nc(-c3cc(Cl)cc(Cl)c3)c2)CC1. The van der Waals surface area contributed by atoms with E-state index in [0.29, 0.717) is 40.1 Å². The van der Waals surface area contributed by atoms with Crippen LogP contribution >= 0.6 is 23.2 Å². The first kappa shape index (κ1) is 36.1. The summed E-state index contributed by atoms with van der Waals surface area (Å²) < 4.78 is 6.16. The number of aliphatic hydroxyl groups excluding tert-OH is 1. The standard InChI is InChI=1S/C29H35Cl2N7O3.CH4O.CH2O/c30-23-13-22(14-24(31)15-23)26-11-21(19-37-4-1-20(16-32)2-5-37)12-27(35-26)41-25-17-33-29(34-18-25)38-9-7-36(8-10-38)6-3-28(39)40;2*1-2/h11-15,17-18,20H,1-10,16,19,32H2,(H,39,40);2H,1H3;1H2. The third kappa shape index (κ3) is 11.2. The predicted molar refractivity (Wildman–Crippen MR) is 175 cm³/mol. The highest BCUT2D eigenvalue weighted by atomic mass is 35.5. The smallest absolute Gasteiger partial charge is 0.304 e. The molecular weight excluding hydrogens is 621 g/mol. The molecule has 0 aliphatic carbocycles. The molecule has 2 fully saturated rings. The van der Waals surface area contributed by atoms with E-state index in [0.717, 1.165) is 89.1 Å². The van der Waals surface area contributed by atoms with E-state index in [9.17, 15) is 4.79 Å². The second-order valence-electron chi connectivity index (χ2n) is 10.6. The van der Waals surface area contributed by atoms with Crippen molar-refractivity contribution in [1.29, 1.82) is 0 Å². The molecular formula is C31H41Cl2N7O5. The van der Waals surface area contributed by atoms with Crippen molar-refractivity contribution in [3.8, 4) is 22.9 Å². The quantitative estimate of drug-likeness (QED) is 0.289. The molecule has 1 aromatic carbocycles. The monoisotopic (exact) mass is 661 g/mol. The molecule has 0 bridgehead atoms. The van der Waals surface area contributed by atoms with Crippen LogP contribution in [0.15, 0.2) is 42.7 Å². The second kappa shape index (κ2) is 18.5. The minimum absolute atomic E-state index is 0.149. The predicted octanol–water partition coefficient (Wildman–Crippen LogP) is 3.83. The molecule has 4 heterocycles. The number of hydrogen-bond acceptors (Lipinski definition) is 11. The first-order chi connectivity index (χ1) is 21.8. The van der Waals surface area contributed by atoms with Gasteiger partial charge in [0.05, 0.1) is 24.5 Å². The average Bonchev–Trinajstić information content (AvgIpc) is 3.06. The fraction of sp³-hybridized carbons (Fsp3) is 0.452. The number of aliphatic carboxylic acids is 1. The number of carboxylic acid groups (broad SMARTS) is 1. The number of piperazine rings is 1. The third-order valence-corrected chi connectivity index (χ3v) is 8.04. The number of rotatable bonds is 10. The summed E-state index contributed by atoms with van der Waals surface area (Å²) in [6, 6.07) is 9.39. The summed E-state index contributed by atoms with van der Waals surface area (Å²) in [5.74, 6) is 1.36. The van der Waals surface area contributed by atoms with Crippen molar-refractivity contribution in [2.24, 2.45) is 11.7 Å². The van der Waals surface area contributed by atoms with Crippen molar-refractivity contribution >= 4 is 41.9 Å². The number of nitrogens with two attached hydrogens (primary N) is 1. The lowest BCUT2D eigenvalue weighted by Gasteiger charge is -2.34. The highest BCUT2D eigenvalue weighted by Crippen LogP contribution is 2.31. The Morgan fingerprint density at radius 3 is 2.16 bits per heavy atom. The average molecular weight is 663 g/mol. The molecule has 5 rings (SSSR count). The van der Waals surface area contributed by atoms with Crippen LogP contribution < -0.4 is 15.4 Å². The Morgan fingerprint density at radius 2 is 1.58 bits per heavy atom. The number of halogens is 2. The number of carbonyl (C=O) groups excluding carboxylic acids is 1. The summed E-state index contributed by atoms with van der Waals surface area (Å²) in [5.41, 5.74) is 8.49. The van der Waals surface area contributed by atoms with E-state index in [1.54, 1.807) is 18.5 Å². The molecule has 2 saturated heterocycles. The van der Waals surface area contributed by atoms with Gasteiger partial charge in [-0.3, -0.25) is 14.6 Å². The number of pyridine rings is 1. The van der Waals surface area contributed by atoms with Crippen LogP contribution in [0.5, 0.6) is 11.6 Å². The summed E-state index contributed by atoms with van der Waals surface area (Å²) in [6.07, 6.45) is 5.66. The van der Waals surface area contributed by atoms with Crippen molar-refractivity contribution in [1.82, 2.24) is 24.8 Å². The lowest BCUT2D eigenvalue weighted by molar-refractivity contribution is -0.137. The first-order valence-corrected chi connectivity index (χ1v) is 15.4. The van der Waals surface area contributed by atoms with Crippen molar-refractivity contribution < 1.29 is 24.5 Å². The molecule has 45 heavy (non-hydrogen) atoms. The van der Waals surface area contributed by atoms with Crippen LogP contribution in [0, 0.1) is 5.92 Å².